The van der Waals surface area contributed by atoms with Crippen molar-refractivity contribution in [1.82, 2.24) is 15.2 Å². The Morgan fingerprint density at radius 3 is 2.75 bits per heavy atom. The summed E-state index contributed by atoms with van der Waals surface area (Å²) in [6, 6.07) is 7.53. The Kier molecular flexibility index (Phi) is 4.02. The average molecular weight is 311 g/mol. The number of thiazole rings is 1. The van der Waals surface area contributed by atoms with E-state index in [1.54, 1.807) is 0 Å². The Hall–Kier alpha value is -1.02. The number of nitrogens with one attached hydrogen (secondary N) is 1. The van der Waals surface area contributed by atoms with Gasteiger partial charge in [0.15, 0.2) is 0 Å². The van der Waals surface area contributed by atoms with E-state index in [0.717, 1.165) is 36.4 Å². The monoisotopic (exact) mass is 311 g/mol. The number of benzene rings is 1. The molecular weight excluding hydrogens is 294 g/mol. The van der Waals surface area contributed by atoms with Crippen molar-refractivity contribution in [1.29, 1.82) is 0 Å². The Morgan fingerprint density at radius 2 is 2.00 bits per heavy atom. The molecule has 1 aromatic carbocycles. The summed E-state index contributed by atoms with van der Waals surface area (Å²) < 4.78 is 25.9. The highest BCUT2D eigenvalue weighted by Gasteiger charge is 2.21. The predicted octanol–water partition coefficient (Wildman–Crippen LogP) is 0.975. The molecule has 1 aromatic heterocycles. The molecular formula is C13H17N3O2S2. The zero-order valence-corrected chi connectivity index (χ0v) is 12.7. The number of rotatable bonds is 4. The van der Waals surface area contributed by atoms with Gasteiger partial charge in [0.25, 0.3) is 0 Å². The van der Waals surface area contributed by atoms with E-state index < -0.39 is 9.84 Å². The molecule has 108 valence electrons. The number of para-hydroxylation sites is 1. The maximum Gasteiger partial charge on any atom is 0.210 e. The highest BCUT2D eigenvalue weighted by Crippen LogP contribution is 2.25. The van der Waals surface area contributed by atoms with E-state index in [2.05, 4.69) is 15.2 Å². The van der Waals surface area contributed by atoms with Crippen molar-refractivity contribution in [2.24, 2.45) is 0 Å². The number of nitrogens with zero attached hydrogens (tertiary/aromatic N) is 2. The number of piperazine rings is 1. The molecule has 1 fully saturated rings. The normalized spacial score (nSPS) is 17.6. The second kappa shape index (κ2) is 5.77. The summed E-state index contributed by atoms with van der Waals surface area (Å²) in [5.74, 6) is 0.146. The van der Waals surface area contributed by atoms with Gasteiger partial charge in [0, 0.05) is 32.7 Å². The molecule has 1 aliphatic heterocycles. The van der Waals surface area contributed by atoms with E-state index in [-0.39, 0.29) is 10.1 Å². The first-order valence-electron chi connectivity index (χ1n) is 6.66. The molecule has 0 spiro atoms. The van der Waals surface area contributed by atoms with Crippen LogP contribution >= 0.6 is 11.3 Å². The van der Waals surface area contributed by atoms with Crippen LogP contribution in [0.4, 0.5) is 0 Å². The van der Waals surface area contributed by atoms with Gasteiger partial charge in [-0.05, 0) is 12.1 Å². The van der Waals surface area contributed by atoms with Crippen LogP contribution in [-0.4, -0.2) is 56.8 Å². The fraction of sp³-hybridized carbons (Fsp3) is 0.462. The molecule has 0 saturated carbocycles. The van der Waals surface area contributed by atoms with Gasteiger partial charge in [0.05, 0.1) is 16.0 Å². The first kappa shape index (κ1) is 13.9. The summed E-state index contributed by atoms with van der Waals surface area (Å²) in [7, 11) is -3.28. The largest absolute Gasteiger partial charge is 0.314 e. The van der Waals surface area contributed by atoms with Gasteiger partial charge in [-0.15, -0.1) is 11.3 Å². The molecule has 7 heteroatoms. The van der Waals surface area contributed by atoms with Crippen LogP contribution in [0.1, 0.15) is 0 Å². The Bertz CT molecular complexity index is 657. The van der Waals surface area contributed by atoms with Crippen LogP contribution in [0.15, 0.2) is 28.6 Å². The molecule has 0 amide bonds. The molecule has 0 atom stereocenters. The number of aromatic nitrogens is 1. The molecule has 1 saturated heterocycles. The van der Waals surface area contributed by atoms with E-state index in [1.165, 1.54) is 11.3 Å². The zero-order valence-electron chi connectivity index (χ0n) is 11.1. The van der Waals surface area contributed by atoms with Crippen molar-refractivity contribution >= 4 is 31.4 Å². The van der Waals surface area contributed by atoms with Crippen molar-refractivity contribution < 1.29 is 8.42 Å². The zero-order chi connectivity index (χ0) is 14.0. The molecule has 0 unspecified atom stereocenters. The van der Waals surface area contributed by atoms with Crippen molar-refractivity contribution in [2.75, 3.05) is 38.5 Å². The van der Waals surface area contributed by atoms with Crippen molar-refractivity contribution in [3.05, 3.63) is 24.3 Å². The molecule has 1 aliphatic rings. The summed E-state index contributed by atoms with van der Waals surface area (Å²) in [5.41, 5.74) is 0.762. The molecule has 1 N–H and O–H groups in total. The summed E-state index contributed by atoms with van der Waals surface area (Å²) in [5, 5.41) is 3.26. The standard InChI is InChI=1S/C13H17N3O2S2/c17-20(18,10-9-16-7-5-14-6-8-16)13-15-11-3-1-2-4-12(11)19-13/h1-4,14H,5-10H2. The van der Waals surface area contributed by atoms with Gasteiger partial charge >= 0.3 is 0 Å². The van der Waals surface area contributed by atoms with E-state index in [0.29, 0.717) is 6.54 Å². The molecule has 5 nitrogen and oxygen atoms in total. The molecule has 2 heterocycles. The Labute approximate surface area is 122 Å². The Balaban J connectivity index is 1.73. The van der Waals surface area contributed by atoms with Gasteiger partial charge < -0.3 is 5.32 Å². The van der Waals surface area contributed by atoms with Crippen LogP contribution in [0, 0.1) is 0 Å². The van der Waals surface area contributed by atoms with Crippen LogP contribution in [0.2, 0.25) is 0 Å². The third-order valence-corrected chi connectivity index (χ3v) is 6.61. The van der Waals surface area contributed by atoms with Crippen LogP contribution in [0.25, 0.3) is 10.2 Å². The summed E-state index contributed by atoms with van der Waals surface area (Å²) in [6.07, 6.45) is 0. The molecule has 0 aliphatic carbocycles. The van der Waals surface area contributed by atoms with Crippen LogP contribution in [-0.2, 0) is 9.84 Å². The highest BCUT2D eigenvalue weighted by atomic mass is 32.2. The fourth-order valence-electron chi connectivity index (χ4n) is 2.26. The first-order chi connectivity index (χ1) is 9.65. The fourth-order valence-corrected chi connectivity index (χ4v) is 4.89. The van der Waals surface area contributed by atoms with Gasteiger partial charge in [0.2, 0.25) is 14.2 Å². The maximum atomic E-state index is 12.4. The van der Waals surface area contributed by atoms with Gasteiger partial charge in [-0.2, -0.15) is 0 Å². The minimum Gasteiger partial charge on any atom is -0.314 e. The topological polar surface area (TPSA) is 62.3 Å². The number of fused-ring (bicyclic) bond motifs is 1. The Morgan fingerprint density at radius 1 is 1.25 bits per heavy atom. The summed E-state index contributed by atoms with van der Waals surface area (Å²) in [4.78, 5) is 6.43. The molecule has 0 radical (unpaired) electrons. The van der Waals surface area contributed by atoms with Crippen molar-refractivity contribution in [3.8, 4) is 0 Å². The lowest BCUT2D eigenvalue weighted by molar-refractivity contribution is 0.254. The van der Waals surface area contributed by atoms with E-state index in [1.807, 2.05) is 24.3 Å². The molecule has 2 aromatic rings. The number of hydrogen-bond donors (Lipinski definition) is 1. The van der Waals surface area contributed by atoms with E-state index in [4.69, 9.17) is 0 Å². The minimum atomic E-state index is -3.28. The summed E-state index contributed by atoms with van der Waals surface area (Å²) >= 11 is 1.26. The van der Waals surface area contributed by atoms with E-state index >= 15 is 0 Å². The second-order valence-electron chi connectivity index (χ2n) is 4.86. The van der Waals surface area contributed by atoms with Crippen molar-refractivity contribution in [2.45, 2.75) is 4.34 Å². The van der Waals surface area contributed by atoms with E-state index in [9.17, 15) is 8.42 Å². The lowest BCUT2D eigenvalue weighted by atomic mass is 10.3. The average Bonchev–Trinajstić information content (AvgIpc) is 2.91. The van der Waals surface area contributed by atoms with Crippen LogP contribution < -0.4 is 5.32 Å². The van der Waals surface area contributed by atoms with Gasteiger partial charge in [-0.3, -0.25) is 4.90 Å². The smallest absolute Gasteiger partial charge is 0.210 e. The van der Waals surface area contributed by atoms with Gasteiger partial charge in [0.1, 0.15) is 0 Å². The van der Waals surface area contributed by atoms with Gasteiger partial charge in [-0.25, -0.2) is 13.4 Å². The number of sulfone groups is 1. The van der Waals surface area contributed by atoms with Gasteiger partial charge in [-0.1, -0.05) is 12.1 Å². The second-order valence-corrected chi connectivity index (χ2v) is 8.17. The minimum absolute atomic E-state index is 0.146. The molecule has 3 rings (SSSR count). The first-order valence-corrected chi connectivity index (χ1v) is 9.13. The van der Waals surface area contributed by atoms with Crippen molar-refractivity contribution in [3.63, 3.8) is 0 Å². The third-order valence-electron chi connectivity index (χ3n) is 3.43. The van der Waals surface area contributed by atoms with Crippen LogP contribution in [0.5, 0.6) is 0 Å². The quantitative estimate of drug-likeness (QED) is 0.912. The summed E-state index contributed by atoms with van der Waals surface area (Å²) in [6.45, 7) is 4.27. The highest BCUT2D eigenvalue weighted by molar-refractivity contribution is 7.93. The molecule has 20 heavy (non-hydrogen) atoms. The van der Waals surface area contributed by atoms with Crippen LogP contribution in [0.3, 0.4) is 0 Å². The lowest BCUT2D eigenvalue weighted by Gasteiger charge is -2.26. The lowest BCUT2D eigenvalue weighted by Crippen LogP contribution is -2.45. The molecule has 0 bridgehead atoms. The SMILES string of the molecule is O=S(=O)(CCN1CCNCC1)c1nc2ccccc2s1. The number of hydrogen-bond acceptors (Lipinski definition) is 6. The predicted molar refractivity (Wildman–Crippen MR) is 81.0 cm³/mol. The maximum absolute atomic E-state index is 12.4. The third kappa shape index (κ3) is 3.01.